The molecule has 2 atom stereocenters. The predicted molar refractivity (Wildman–Crippen MR) is 123 cm³/mol. The van der Waals surface area contributed by atoms with Crippen molar-refractivity contribution in [1.82, 2.24) is 14.8 Å². The average Bonchev–Trinajstić information content (AvgIpc) is 3.33. The van der Waals surface area contributed by atoms with Gasteiger partial charge in [-0.05, 0) is 29.7 Å². The Hall–Kier alpha value is -4.04. The van der Waals surface area contributed by atoms with Crippen molar-refractivity contribution in [3.05, 3.63) is 117 Å². The monoisotopic (exact) mass is 459 g/mol. The summed E-state index contributed by atoms with van der Waals surface area (Å²) in [5.74, 6) is -0.203. The maximum atomic E-state index is 13.8. The lowest BCUT2D eigenvalue weighted by Gasteiger charge is -2.39. The molecule has 4 aromatic rings. The van der Waals surface area contributed by atoms with Crippen molar-refractivity contribution in [2.45, 2.75) is 18.5 Å². The number of benzene rings is 3. The zero-order chi connectivity index (χ0) is 22.9. The molecule has 0 radical (unpaired) electrons. The number of nitro groups is 1. The highest BCUT2D eigenvalue weighted by molar-refractivity contribution is 6.31. The highest BCUT2D eigenvalue weighted by Crippen LogP contribution is 2.44. The standard InChI is InChI=1S/C24H18ClN5O3/c25-19-12-6-4-10-17(19)22-14-21(16-8-2-1-3-9-16)28(24-26-15-27-29(22)24)23(31)18-11-5-7-13-20(18)30(32)33/h1-13,15,21-22H,14H2. The molecular formula is C24H18ClN5O3. The second-order valence-corrected chi connectivity index (χ2v) is 8.06. The van der Waals surface area contributed by atoms with Crippen LogP contribution in [0.5, 0.6) is 0 Å². The molecule has 1 aromatic heterocycles. The van der Waals surface area contributed by atoms with Crippen molar-refractivity contribution in [1.29, 1.82) is 0 Å². The van der Waals surface area contributed by atoms with Gasteiger partial charge in [-0.3, -0.25) is 19.8 Å². The second kappa shape index (κ2) is 8.48. The number of nitrogens with zero attached hydrogens (tertiary/aromatic N) is 5. The van der Waals surface area contributed by atoms with Crippen molar-refractivity contribution in [3.8, 4) is 0 Å². The number of carbonyl (C=O) groups excluding carboxylic acids is 1. The quantitative estimate of drug-likeness (QED) is 0.308. The first kappa shape index (κ1) is 20.8. The molecule has 0 aliphatic carbocycles. The Morgan fingerprint density at radius 2 is 1.67 bits per heavy atom. The van der Waals surface area contributed by atoms with Crippen LogP contribution in [0.4, 0.5) is 11.6 Å². The molecule has 2 heterocycles. The van der Waals surface area contributed by atoms with Crippen LogP contribution in [-0.2, 0) is 0 Å². The molecule has 0 fully saturated rings. The number of rotatable bonds is 4. The van der Waals surface area contributed by atoms with E-state index in [2.05, 4.69) is 10.1 Å². The summed E-state index contributed by atoms with van der Waals surface area (Å²) >= 11 is 6.52. The van der Waals surface area contributed by atoms with Crippen LogP contribution in [0, 0.1) is 10.1 Å². The molecule has 1 amide bonds. The van der Waals surface area contributed by atoms with E-state index in [9.17, 15) is 14.9 Å². The molecule has 5 rings (SSSR count). The van der Waals surface area contributed by atoms with E-state index in [0.717, 1.165) is 11.1 Å². The summed E-state index contributed by atoms with van der Waals surface area (Å²) in [5, 5.41) is 16.6. The van der Waals surface area contributed by atoms with Gasteiger partial charge >= 0.3 is 0 Å². The zero-order valence-corrected chi connectivity index (χ0v) is 18.0. The summed E-state index contributed by atoms with van der Waals surface area (Å²) in [5.41, 5.74) is 1.49. The molecule has 9 heteroatoms. The second-order valence-electron chi connectivity index (χ2n) is 7.65. The Morgan fingerprint density at radius 1 is 0.970 bits per heavy atom. The maximum Gasteiger partial charge on any atom is 0.282 e. The van der Waals surface area contributed by atoms with E-state index in [-0.39, 0.29) is 17.3 Å². The van der Waals surface area contributed by atoms with Crippen molar-refractivity contribution in [2.75, 3.05) is 4.90 Å². The van der Waals surface area contributed by atoms with Gasteiger partial charge < -0.3 is 0 Å². The highest BCUT2D eigenvalue weighted by atomic mass is 35.5. The van der Waals surface area contributed by atoms with Crippen LogP contribution >= 0.6 is 11.6 Å². The van der Waals surface area contributed by atoms with Gasteiger partial charge in [-0.25, -0.2) is 4.68 Å². The van der Waals surface area contributed by atoms with Gasteiger partial charge in [0.05, 0.1) is 17.0 Å². The first-order valence-electron chi connectivity index (χ1n) is 10.3. The van der Waals surface area contributed by atoms with Crippen LogP contribution in [0.15, 0.2) is 85.2 Å². The van der Waals surface area contributed by atoms with E-state index < -0.39 is 16.9 Å². The third-order valence-corrected chi connectivity index (χ3v) is 6.17. The zero-order valence-electron chi connectivity index (χ0n) is 17.3. The highest BCUT2D eigenvalue weighted by Gasteiger charge is 2.41. The van der Waals surface area contributed by atoms with Crippen LogP contribution in [0.25, 0.3) is 0 Å². The minimum atomic E-state index is -0.550. The minimum absolute atomic E-state index is 0.00539. The van der Waals surface area contributed by atoms with Gasteiger partial charge in [0.2, 0.25) is 5.95 Å². The van der Waals surface area contributed by atoms with E-state index in [0.29, 0.717) is 17.4 Å². The fraction of sp³-hybridized carbons (Fsp3) is 0.125. The average molecular weight is 460 g/mol. The number of halogens is 1. The van der Waals surface area contributed by atoms with Crippen LogP contribution in [-0.4, -0.2) is 25.6 Å². The summed E-state index contributed by atoms with van der Waals surface area (Å²) in [6.07, 6.45) is 1.85. The molecule has 2 unspecified atom stereocenters. The largest absolute Gasteiger partial charge is 0.282 e. The maximum absolute atomic E-state index is 13.8. The van der Waals surface area contributed by atoms with Crippen molar-refractivity contribution in [2.24, 2.45) is 0 Å². The van der Waals surface area contributed by atoms with Gasteiger partial charge in [0.15, 0.2) is 0 Å². The summed E-state index contributed by atoms with van der Waals surface area (Å²) in [4.78, 5) is 30.7. The number of aromatic nitrogens is 3. The number of carbonyl (C=O) groups is 1. The van der Waals surface area contributed by atoms with Gasteiger partial charge in [-0.2, -0.15) is 10.1 Å². The Kier molecular flexibility index (Phi) is 5.35. The van der Waals surface area contributed by atoms with E-state index in [1.54, 1.807) is 10.7 Å². The molecule has 0 N–H and O–H groups in total. The number of hydrogen-bond donors (Lipinski definition) is 0. The molecule has 164 valence electrons. The topological polar surface area (TPSA) is 94.2 Å². The number of amides is 1. The van der Waals surface area contributed by atoms with Crippen LogP contribution in [0.3, 0.4) is 0 Å². The Balaban J connectivity index is 1.69. The van der Waals surface area contributed by atoms with E-state index in [1.165, 1.54) is 29.4 Å². The molecule has 0 saturated carbocycles. The normalized spacial score (nSPS) is 17.4. The number of anilines is 1. The van der Waals surface area contributed by atoms with Gasteiger partial charge in [-0.15, -0.1) is 0 Å². The van der Waals surface area contributed by atoms with Crippen molar-refractivity contribution < 1.29 is 9.72 Å². The first-order chi connectivity index (χ1) is 16.1. The third kappa shape index (κ3) is 3.64. The lowest BCUT2D eigenvalue weighted by molar-refractivity contribution is -0.385. The summed E-state index contributed by atoms with van der Waals surface area (Å²) < 4.78 is 1.66. The summed E-state index contributed by atoms with van der Waals surface area (Å²) in [6.45, 7) is 0. The lowest BCUT2D eigenvalue weighted by atomic mass is 9.91. The van der Waals surface area contributed by atoms with E-state index in [1.807, 2.05) is 54.6 Å². The summed E-state index contributed by atoms with van der Waals surface area (Å²) in [6, 6.07) is 22.3. The number of nitro benzene ring substituents is 1. The van der Waals surface area contributed by atoms with Gasteiger partial charge in [0.1, 0.15) is 11.9 Å². The third-order valence-electron chi connectivity index (χ3n) is 5.82. The fourth-order valence-corrected chi connectivity index (χ4v) is 4.59. The molecule has 0 spiro atoms. The number of fused-ring (bicyclic) bond motifs is 1. The van der Waals surface area contributed by atoms with Gasteiger partial charge in [-0.1, -0.05) is 72.3 Å². The molecule has 3 aromatic carbocycles. The Morgan fingerprint density at radius 3 is 2.42 bits per heavy atom. The van der Waals surface area contributed by atoms with Crippen LogP contribution in [0.2, 0.25) is 5.02 Å². The Bertz CT molecular complexity index is 1340. The van der Waals surface area contributed by atoms with Crippen LogP contribution in [0.1, 0.15) is 40.0 Å². The smallest absolute Gasteiger partial charge is 0.269 e. The molecule has 0 saturated heterocycles. The van der Waals surface area contributed by atoms with Gasteiger partial charge in [0.25, 0.3) is 11.6 Å². The van der Waals surface area contributed by atoms with Gasteiger partial charge in [0, 0.05) is 11.1 Å². The van der Waals surface area contributed by atoms with Crippen LogP contribution < -0.4 is 4.90 Å². The van der Waals surface area contributed by atoms with Crippen molar-refractivity contribution >= 4 is 29.1 Å². The summed E-state index contributed by atoms with van der Waals surface area (Å²) in [7, 11) is 0. The molecule has 1 aliphatic rings. The predicted octanol–water partition coefficient (Wildman–Crippen LogP) is 5.22. The minimum Gasteiger partial charge on any atom is -0.269 e. The number of hydrogen-bond acceptors (Lipinski definition) is 5. The molecule has 8 nitrogen and oxygen atoms in total. The molecule has 1 aliphatic heterocycles. The van der Waals surface area contributed by atoms with Crippen molar-refractivity contribution in [3.63, 3.8) is 0 Å². The first-order valence-corrected chi connectivity index (χ1v) is 10.7. The van der Waals surface area contributed by atoms with E-state index >= 15 is 0 Å². The number of para-hydroxylation sites is 1. The molecular weight excluding hydrogens is 442 g/mol. The fourth-order valence-electron chi connectivity index (χ4n) is 4.33. The molecule has 0 bridgehead atoms. The van der Waals surface area contributed by atoms with E-state index in [4.69, 9.17) is 11.6 Å². The molecule has 33 heavy (non-hydrogen) atoms. The SMILES string of the molecule is O=C(c1ccccc1[N+](=O)[O-])N1c2ncnn2C(c2ccccc2Cl)CC1c1ccccc1. The lowest BCUT2D eigenvalue weighted by Crippen LogP contribution is -2.43. The Labute approximate surface area is 194 Å².